The first-order valence-electron chi connectivity index (χ1n) is 4.61. The molecule has 0 bridgehead atoms. The van der Waals surface area contributed by atoms with Gasteiger partial charge in [-0.25, -0.2) is 9.18 Å². The molecule has 88 valence electrons. The van der Waals surface area contributed by atoms with E-state index in [0.717, 1.165) is 0 Å². The second kappa shape index (κ2) is 4.69. The molecule has 0 unspecified atom stereocenters. The van der Waals surface area contributed by atoms with Gasteiger partial charge in [0.1, 0.15) is 5.56 Å². The van der Waals surface area contributed by atoms with Crippen molar-refractivity contribution in [2.45, 2.75) is 6.92 Å². The topological polar surface area (TPSA) is 87.6 Å². The van der Waals surface area contributed by atoms with E-state index in [4.69, 9.17) is 16.2 Å². The highest BCUT2D eigenvalue weighted by Gasteiger charge is 2.21. The zero-order valence-electron chi connectivity index (χ0n) is 9.04. The van der Waals surface area contributed by atoms with E-state index in [9.17, 15) is 9.18 Å². The first-order chi connectivity index (χ1) is 7.52. The minimum atomic E-state index is -0.845. The maximum absolute atomic E-state index is 13.7. The van der Waals surface area contributed by atoms with E-state index >= 15 is 0 Å². The number of ether oxygens (including phenoxy) is 2. The van der Waals surface area contributed by atoms with Gasteiger partial charge in [0.15, 0.2) is 11.6 Å². The molecule has 0 aliphatic rings. The summed E-state index contributed by atoms with van der Waals surface area (Å²) in [5, 5.41) is 0. The number of esters is 1. The van der Waals surface area contributed by atoms with E-state index < -0.39 is 11.8 Å². The van der Waals surface area contributed by atoms with Gasteiger partial charge >= 0.3 is 5.97 Å². The summed E-state index contributed by atoms with van der Waals surface area (Å²) in [6.07, 6.45) is 0. The van der Waals surface area contributed by atoms with Crippen LogP contribution >= 0.6 is 0 Å². The maximum atomic E-state index is 13.7. The standard InChI is InChI=1S/C10H13FN2O3/c1-3-16-9-5(10(14)15-2)4-6(12)8(13)7(9)11/h4H,3,12-13H2,1-2H3. The van der Waals surface area contributed by atoms with Gasteiger partial charge in [-0.1, -0.05) is 0 Å². The van der Waals surface area contributed by atoms with E-state index in [0.29, 0.717) is 0 Å². The summed E-state index contributed by atoms with van der Waals surface area (Å²) >= 11 is 0. The first kappa shape index (κ1) is 12.1. The van der Waals surface area contributed by atoms with Crippen LogP contribution in [0.1, 0.15) is 17.3 Å². The third-order valence-electron chi connectivity index (χ3n) is 1.99. The highest BCUT2D eigenvalue weighted by molar-refractivity contribution is 5.95. The van der Waals surface area contributed by atoms with E-state index in [1.165, 1.54) is 13.2 Å². The van der Waals surface area contributed by atoms with Gasteiger partial charge in [-0.3, -0.25) is 0 Å². The molecule has 0 amide bonds. The fourth-order valence-corrected chi connectivity index (χ4v) is 1.21. The Morgan fingerprint density at radius 1 is 1.50 bits per heavy atom. The number of hydrogen-bond acceptors (Lipinski definition) is 5. The summed E-state index contributed by atoms with van der Waals surface area (Å²) < 4.78 is 23.2. The first-order valence-corrected chi connectivity index (χ1v) is 4.61. The number of anilines is 2. The van der Waals surface area contributed by atoms with Gasteiger partial charge in [0.05, 0.1) is 25.1 Å². The van der Waals surface area contributed by atoms with E-state index in [2.05, 4.69) is 4.74 Å². The molecule has 0 radical (unpaired) electrons. The highest BCUT2D eigenvalue weighted by atomic mass is 19.1. The van der Waals surface area contributed by atoms with Gasteiger partial charge in [-0.15, -0.1) is 0 Å². The van der Waals surface area contributed by atoms with Crippen LogP contribution in [0.25, 0.3) is 0 Å². The number of hydrogen-bond donors (Lipinski definition) is 2. The van der Waals surface area contributed by atoms with E-state index in [1.807, 2.05) is 0 Å². The molecular formula is C10H13FN2O3. The fourth-order valence-electron chi connectivity index (χ4n) is 1.21. The third-order valence-corrected chi connectivity index (χ3v) is 1.99. The Bertz CT molecular complexity index is 421. The Morgan fingerprint density at radius 3 is 2.62 bits per heavy atom. The van der Waals surface area contributed by atoms with Crippen LogP contribution in [0, 0.1) is 5.82 Å². The summed E-state index contributed by atoms with van der Waals surface area (Å²) in [5.74, 6) is -1.81. The summed E-state index contributed by atoms with van der Waals surface area (Å²) in [5.41, 5.74) is 10.5. The van der Waals surface area contributed by atoms with Crippen molar-refractivity contribution in [3.63, 3.8) is 0 Å². The lowest BCUT2D eigenvalue weighted by atomic mass is 10.1. The van der Waals surface area contributed by atoms with Crippen LogP contribution in [0.2, 0.25) is 0 Å². The maximum Gasteiger partial charge on any atom is 0.341 e. The number of rotatable bonds is 3. The van der Waals surface area contributed by atoms with Gasteiger partial charge in [-0.2, -0.15) is 0 Å². The van der Waals surface area contributed by atoms with E-state index in [-0.39, 0.29) is 29.3 Å². The summed E-state index contributed by atoms with van der Waals surface area (Å²) in [6.45, 7) is 1.86. The molecule has 0 atom stereocenters. The molecule has 16 heavy (non-hydrogen) atoms. The number of benzene rings is 1. The van der Waals surface area contributed by atoms with Gasteiger partial charge in [-0.05, 0) is 13.0 Å². The molecule has 0 heterocycles. The molecular weight excluding hydrogens is 215 g/mol. The molecule has 6 heteroatoms. The van der Waals surface area contributed by atoms with Crippen molar-refractivity contribution in [3.05, 3.63) is 17.4 Å². The van der Waals surface area contributed by atoms with Crippen LogP contribution in [0.15, 0.2) is 6.07 Å². The predicted octanol–water partition coefficient (Wildman–Crippen LogP) is 1.18. The van der Waals surface area contributed by atoms with Crippen molar-refractivity contribution in [1.29, 1.82) is 0 Å². The Labute approximate surface area is 92.1 Å². The Hall–Kier alpha value is -1.98. The average Bonchev–Trinajstić information content (AvgIpc) is 2.28. The molecule has 0 fully saturated rings. The predicted molar refractivity (Wildman–Crippen MR) is 57.7 cm³/mol. The quantitative estimate of drug-likeness (QED) is 0.599. The molecule has 5 nitrogen and oxygen atoms in total. The SMILES string of the molecule is CCOc1c(C(=O)OC)cc(N)c(N)c1F. The van der Waals surface area contributed by atoms with Crippen LogP contribution in [0.4, 0.5) is 15.8 Å². The highest BCUT2D eigenvalue weighted by Crippen LogP contribution is 2.32. The second-order valence-electron chi connectivity index (χ2n) is 2.99. The Morgan fingerprint density at radius 2 is 2.12 bits per heavy atom. The van der Waals surface area contributed by atoms with Crippen LogP contribution in [0.3, 0.4) is 0 Å². The number of methoxy groups -OCH3 is 1. The largest absolute Gasteiger partial charge is 0.490 e. The van der Waals surface area contributed by atoms with Crippen LogP contribution in [-0.2, 0) is 4.74 Å². The summed E-state index contributed by atoms with van der Waals surface area (Å²) in [4.78, 5) is 11.4. The minimum Gasteiger partial charge on any atom is -0.490 e. The number of nitrogens with two attached hydrogens (primary N) is 2. The molecule has 1 aromatic carbocycles. The normalized spacial score (nSPS) is 9.94. The van der Waals surface area contributed by atoms with Gasteiger partial charge in [0, 0.05) is 0 Å². The lowest BCUT2D eigenvalue weighted by Crippen LogP contribution is -2.10. The Kier molecular flexibility index (Phi) is 3.55. The van der Waals surface area contributed by atoms with Crippen molar-refractivity contribution in [1.82, 2.24) is 0 Å². The number of nitrogen functional groups attached to an aromatic ring is 2. The van der Waals surface area contributed by atoms with Crippen LogP contribution in [0.5, 0.6) is 5.75 Å². The lowest BCUT2D eigenvalue weighted by Gasteiger charge is -2.12. The monoisotopic (exact) mass is 228 g/mol. The number of halogens is 1. The molecule has 4 N–H and O–H groups in total. The van der Waals surface area contributed by atoms with Crippen LogP contribution in [-0.4, -0.2) is 19.7 Å². The lowest BCUT2D eigenvalue weighted by molar-refractivity contribution is 0.0595. The second-order valence-corrected chi connectivity index (χ2v) is 2.99. The van der Waals surface area contributed by atoms with Crippen molar-refractivity contribution < 1.29 is 18.7 Å². The van der Waals surface area contributed by atoms with Gasteiger partial charge in [0.25, 0.3) is 0 Å². The molecule has 0 saturated carbocycles. The zero-order valence-corrected chi connectivity index (χ0v) is 9.04. The van der Waals surface area contributed by atoms with Gasteiger partial charge < -0.3 is 20.9 Å². The van der Waals surface area contributed by atoms with Crippen molar-refractivity contribution in [2.75, 3.05) is 25.2 Å². The van der Waals surface area contributed by atoms with Crippen molar-refractivity contribution in [2.24, 2.45) is 0 Å². The zero-order chi connectivity index (χ0) is 12.3. The fraction of sp³-hybridized carbons (Fsp3) is 0.300. The molecule has 1 aromatic rings. The molecule has 0 aliphatic heterocycles. The molecule has 0 aromatic heterocycles. The average molecular weight is 228 g/mol. The third kappa shape index (κ3) is 2.00. The van der Waals surface area contributed by atoms with E-state index in [1.54, 1.807) is 6.92 Å². The summed E-state index contributed by atoms with van der Waals surface area (Å²) in [6, 6.07) is 1.23. The molecule has 0 spiro atoms. The number of carbonyl (C=O) groups is 1. The van der Waals surface area contributed by atoms with Crippen molar-refractivity contribution >= 4 is 17.3 Å². The van der Waals surface area contributed by atoms with Gasteiger partial charge in [0.2, 0.25) is 0 Å². The smallest absolute Gasteiger partial charge is 0.341 e. The molecule has 1 rings (SSSR count). The number of carbonyl (C=O) groups excluding carboxylic acids is 1. The molecule has 0 saturated heterocycles. The minimum absolute atomic E-state index is 0.0265. The Balaban J connectivity index is 3.40. The van der Waals surface area contributed by atoms with Crippen molar-refractivity contribution in [3.8, 4) is 5.75 Å². The molecule has 0 aliphatic carbocycles. The van der Waals surface area contributed by atoms with Crippen LogP contribution < -0.4 is 16.2 Å². The summed E-state index contributed by atoms with van der Waals surface area (Å²) in [7, 11) is 1.18.